The molecule has 0 amide bonds. The first kappa shape index (κ1) is 10.4. The number of aryl methyl sites for hydroxylation is 1. The molecule has 2 rings (SSSR count). The Kier molecular flexibility index (Phi) is 2.38. The summed E-state index contributed by atoms with van der Waals surface area (Å²) in [5.41, 5.74) is 1.02. The molecule has 0 unspecified atom stereocenters. The van der Waals surface area contributed by atoms with Gasteiger partial charge in [0.15, 0.2) is 9.84 Å². The van der Waals surface area contributed by atoms with E-state index in [2.05, 4.69) is 0 Å². The van der Waals surface area contributed by atoms with Gasteiger partial charge in [-0.15, -0.1) is 0 Å². The molecule has 3 nitrogen and oxygen atoms in total. The van der Waals surface area contributed by atoms with Crippen LogP contribution in [0.5, 0.6) is 0 Å². The molecule has 0 heterocycles. The molecule has 2 atom stereocenters. The van der Waals surface area contributed by atoms with Gasteiger partial charge in [-0.25, -0.2) is 8.42 Å². The summed E-state index contributed by atoms with van der Waals surface area (Å²) in [6.07, 6.45) is 1.20. The first-order chi connectivity index (χ1) is 7.05. The molecule has 4 heteroatoms. The Bertz CT molecular complexity index is 473. The van der Waals surface area contributed by atoms with E-state index < -0.39 is 15.1 Å². The van der Waals surface area contributed by atoms with E-state index in [0.29, 0.717) is 11.3 Å². The van der Waals surface area contributed by atoms with Gasteiger partial charge in [0.1, 0.15) is 6.29 Å². The topological polar surface area (TPSA) is 51.2 Å². The van der Waals surface area contributed by atoms with Gasteiger partial charge < -0.3 is 4.79 Å². The largest absolute Gasteiger partial charge is 0.303 e. The summed E-state index contributed by atoms with van der Waals surface area (Å²) in [5.74, 6) is -0.295. The van der Waals surface area contributed by atoms with Crippen molar-refractivity contribution in [2.24, 2.45) is 5.92 Å². The number of hydrogen-bond donors (Lipinski definition) is 0. The SMILES string of the molecule is Cc1ccc(S(=O)(=O)[C@@H]2C[C@H]2C=O)cc1. The van der Waals surface area contributed by atoms with Gasteiger partial charge in [0.2, 0.25) is 0 Å². The fraction of sp³-hybridized carbons (Fsp3) is 0.364. The van der Waals surface area contributed by atoms with Crippen molar-refractivity contribution in [3.63, 3.8) is 0 Å². The highest BCUT2D eigenvalue weighted by atomic mass is 32.2. The van der Waals surface area contributed by atoms with Crippen molar-refractivity contribution in [3.05, 3.63) is 29.8 Å². The lowest BCUT2D eigenvalue weighted by atomic mass is 10.2. The Morgan fingerprint density at radius 3 is 2.33 bits per heavy atom. The van der Waals surface area contributed by atoms with E-state index in [1.807, 2.05) is 6.92 Å². The molecule has 0 spiro atoms. The van der Waals surface area contributed by atoms with Crippen LogP contribution in [0.25, 0.3) is 0 Å². The monoisotopic (exact) mass is 224 g/mol. The quantitative estimate of drug-likeness (QED) is 0.728. The average molecular weight is 224 g/mol. The van der Waals surface area contributed by atoms with E-state index in [0.717, 1.165) is 11.8 Å². The highest BCUT2D eigenvalue weighted by Gasteiger charge is 2.47. The molecule has 0 aromatic heterocycles. The molecule has 0 radical (unpaired) electrons. The molecule has 1 aliphatic rings. The Hall–Kier alpha value is -1.16. The third-order valence-electron chi connectivity index (χ3n) is 2.70. The zero-order valence-electron chi connectivity index (χ0n) is 8.38. The molecule has 80 valence electrons. The predicted octanol–water partition coefficient (Wildman–Crippen LogP) is 1.36. The second-order valence-electron chi connectivity index (χ2n) is 3.93. The van der Waals surface area contributed by atoms with Crippen molar-refractivity contribution in [2.75, 3.05) is 0 Å². The Balaban J connectivity index is 2.31. The minimum Gasteiger partial charge on any atom is -0.303 e. The second-order valence-corrected chi connectivity index (χ2v) is 6.10. The maximum atomic E-state index is 11.9. The Labute approximate surface area is 89.0 Å². The standard InChI is InChI=1S/C11H12O3S/c1-8-2-4-10(5-3-8)15(13,14)11-6-9(11)7-12/h2-5,7,9,11H,6H2,1H3/t9-,11+/m0/s1. The van der Waals surface area contributed by atoms with Gasteiger partial charge in [0.05, 0.1) is 10.1 Å². The van der Waals surface area contributed by atoms with Gasteiger partial charge in [0, 0.05) is 5.92 Å². The normalized spacial score (nSPS) is 24.9. The van der Waals surface area contributed by atoms with Crippen molar-refractivity contribution in [1.29, 1.82) is 0 Å². The van der Waals surface area contributed by atoms with Crippen LogP contribution in [0.1, 0.15) is 12.0 Å². The van der Waals surface area contributed by atoms with Crippen LogP contribution < -0.4 is 0 Å². The third kappa shape index (κ3) is 1.81. The van der Waals surface area contributed by atoms with Crippen LogP contribution >= 0.6 is 0 Å². The first-order valence-electron chi connectivity index (χ1n) is 4.81. The van der Waals surface area contributed by atoms with E-state index in [1.54, 1.807) is 24.3 Å². The summed E-state index contributed by atoms with van der Waals surface area (Å²) in [7, 11) is -3.28. The second kappa shape index (κ2) is 3.45. The Morgan fingerprint density at radius 2 is 1.87 bits per heavy atom. The van der Waals surface area contributed by atoms with E-state index in [4.69, 9.17) is 0 Å². The minimum atomic E-state index is -3.28. The van der Waals surface area contributed by atoms with Crippen LogP contribution in [0.15, 0.2) is 29.2 Å². The maximum Gasteiger partial charge on any atom is 0.181 e. The van der Waals surface area contributed by atoms with E-state index in [-0.39, 0.29) is 5.92 Å². The summed E-state index contributed by atoms with van der Waals surface area (Å²) in [4.78, 5) is 10.8. The smallest absolute Gasteiger partial charge is 0.181 e. The van der Waals surface area contributed by atoms with Gasteiger partial charge in [-0.2, -0.15) is 0 Å². The number of hydrogen-bond acceptors (Lipinski definition) is 3. The van der Waals surface area contributed by atoms with Crippen molar-refractivity contribution < 1.29 is 13.2 Å². The number of benzene rings is 1. The number of aldehydes is 1. The van der Waals surface area contributed by atoms with E-state index >= 15 is 0 Å². The van der Waals surface area contributed by atoms with Gasteiger partial charge >= 0.3 is 0 Å². The van der Waals surface area contributed by atoms with Crippen molar-refractivity contribution in [1.82, 2.24) is 0 Å². The molecule has 1 fully saturated rings. The highest BCUT2D eigenvalue weighted by Crippen LogP contribution is 2.38. The van der Waals surface area contributed by atoms with E-state index in [9.17, 15) is 13.2 Å². The summed E-state index contributed by atoms with van der Waals surface area (Å²) < 4.78 is 23.8. The molecule has 1 aliphatic carbocycles. The zero-order valence-corrected chi connectivity index (χ0v) is 9.20. The minimum absolute atomic E-state index is 0.295. The van der Waals surface area contributed by atoms with Gasteiger partial charge in [-0.1, -0.05) is 17.7 Å². The van der Waals surface area contributed by atoms with Gasteiger partial charge in [0.25, 0.3) is 0 Å². The van der Waals surface area contributed by atoms with Crippen molar-refractivity contribution in [3.8, 4) is 0 Å². The molecule has 1 aromatic carbocycles. The first-order valence-corrected chi connectivity index (χ1v) is 6.36. The number of rotatable bonds is 3. The van der Waals surface area contributed by atoms with Crippen LogP contribution in [0.4, 0.5) is 0 Å². The number of carbonyl (C=O) groups is 1. The average Bonchev–Trinajstić information content (AvgIpc) is 2.98. The molecular weight excluding hydrogens is 212 g/mol. The highest BCUT2D eigenvalue weighted by molar-refractivity contribution is 7.92. The molecule has 0 N–H and O–H groups in total. The van der Waals surface area contributed by atoms with Crippen LogP contribution in [0, 0.1) is 12.8 Å². The molecule has 15 heavy (non-hydrogen) atoms. The number of carbonyl (C=O) groups excluding carboxylic acids is 1. The van der Waals surface area contributed by atoms with Gasteiger partial charge in [-0.3, -0.25) is 0 Å². The van der Waals surface area contributed by atoms with Crippen molar-refractivity contribution in [2.45, 2.75) is 23.5 Å². The zero-order chi connectivity index (χ0) is 11.1. The van der Waals surface area contributed by atoms with Gasteiger partial charge in [-0.05, 0) is 25.5 Å². The molecular formula is C11H12O3S. The summed E-state index contributed by atoms with van der Waals surface area (Å²) in [5, 5.41) is -0.488. The summed E-state index contributed by atoms with van der Waals surface area (Å²) in [6, 6.07) is 6.74. The molecule has 1 aromatic rings. The third-order valence-corrected chi connectivity index (χ3v) is 4.97. The van der Waals surface area contributed by atoms with Crippen LogP contribution in [0.3, 0.4) is 0 Å². The summed E-state index contributed by atoms with van der Waals surface area (Å²) >= 11 is 0. The fourth-order valence-electron chi connectivity index (χ4n) is 1.59. The van der Waals surface area contributed by atoms with Crippen LogP contribution in [0.2, 0.25) is 0 Å². The Morgan fingerprint density at radius 1 is 1.27 bits per heavy atom. The molecule has 0 saturated heterocycles. The molecule has 1 saturated carbocycles. The lowest BCUT2D eigenvalue weighted by molar-refractivity contribution is -0.108. The maximum absolute atomic E-state index is 11.9. The lowest BCUT2D eigenvalue weighted by Crippen LogP contribution is -2.09. The lowest BCUT2D eigenvalue weighted by Gasteiger charge is -2.02. The molecule has 0 aliphatic heterocycles. The van der Waals surface area contributed by atoms with Crippen LogP contribution in [-0.2, 0) is 14.6 Å². The molecule has 0 bridgehead atoms. The van der Waals surface area contributed by atoms with E-state index in [1.165, 1.54) is 0 Å². The van der Waals surface area contributed by atoms with Crippen molar-refractivity contribution >= 4 is 16.1 Å². The number of sulfone groups is 1. The summed E-state index contributed by atoms with van der Waals surface area (Å²) in [6.45, 7) is 1.90. The predicted molar refractivity (Wildman–Crippen MR) is 56.3 cm³/mol. The fourth-order valence-corrected chi connectivity index (χ4v) is 3.46. The van der Waals surface area contributed by atoms with Crippen LogP contribution in [-0.4, -0.2) is 20.0 Å².